The van der Waals surface area contributed by atoms with Gasteiger partial charge in [-0.15, -0.1) is 0 Å². The molecule has 0 aliphatic carbocycles. The number of anilines is 2. The van der Waals surface area contributed by atoms with E-state index in [2.05, 4.69) is 10.5 Å². The van der Waals surface area contributed by atoms with Gasteiger partial charge in [-0.1, -0.05) is 35.5 Å². The van der Waals surface area contributed by atoms with E-state index in [1.165, 1.54) is 0 Å². The zero-order valence-electron chi connectivity index (χ0n) is 14.1. The molecule has 0 radical (unpaired) electrons. The van der Waals surface area contributed by atoms with E-state index in [4.69, 9.17) is 9.26 Å². The first kappa shape index (κ1) is 15.3. The zero-order valence-corrected chi connectivity index (χ0v) is 14.1. The zero-order chi connectivity index (χ0) is 17.9. The van der Waals surface area contributed by atoms with Crippen molar-refractivity contribution in [2.75, 3.05) is 16.8 Å². The molecule has 7 heteroatoms. The van der Waals surface area contributed by atoms with Gasteiger partial charge < -0.3 is 14.6 Å². The van der Waals surface area contributed by atoms with E-state index in [0.717, 1.165) is 0 Å². The number of para-hydroxylation sites is 1. The normalized spacial score (nSPS) is 31.5. The Morgan fingerprint density at radius 1 is 1.35 bits per heavy atom. The Morgan fingerprint density at radius 3 is 2.88 bits per heavy atom. The number of fused-ring (bicyclic) bond motifs is 1. The van der Waals surface area contributed by atoms with E-state index < -0.39 is 17.4 Å². The summed E-state index contributed by atoms with van der Waals surface area (Å²) in [5.41, 5.74) is -0.0689. The van der Waals surface area contributed by atoms with Crippen molar-refractivity contribution in [3.63, 3.8) is 0 Å². The third-order valence-electron chi connectivity index (χ3n) is 5.34. The third kappa shape index (κ3) is 2.07. The molecule has 1 aromatic carbocycles. The molecule has 1 spiro atoms. The van der Waals surface area contributed by atoms with Crippen LogP contribution >= 0.6 is 0 Å². The molecule has 2 aromatic rings. The monoisotopic (exact) mass is 351 g/mol. The number of carbonyl (C=O) groups is 2. The van der Waals surface area contributed by atoms with Crippen molar-refractivity contribution in [2.45, 2.75) is 18.6 Å². The van der Waals surface area contributed by atoms with Crippen molar-refractivity contribution in [3.05, 3.63) is 54.3 Å². The summed E-state index contributed by atoms with van der Waals surface area (Å²) >= 11 is 0. The van der Waals surface area contributed by atoms with Gasteiger partial charge in [0.15, 0.2) is 5.82 Å². The average molecular weight is 351 g/mol. The Balaban J connectivity index is 1.45. The maximum Gasteiger partial charge on any atom is 0.235 e. The van der Waals surface area contributed by atoms with Gasteiger partial charge in [0.05, 0.1) is 24.5 Å². The van der Waals surface area contributed by atoms with E-state index in [1.807, 2.05) is 42.5 Å². The number of aromatic nitrogens is 1. The molecule has 4 heterocycles. The van der Waals surface area contributed by atoms with Crippen molar-refractivity contribution >= 4 is 23.3 Å². The van der Waals surface area contributed by atoms with Gasteiger partial charge in [-0.25, -0.2) is 0 Å². The predicted octanol–water partition coefficient (Wildman–Crippen LogP) is 1.91. The highest BCUT2D eigenvalue weighted by Crippen LogP contribution is 2.52. The minimum atomic E-state index is -0.771. The highest BCUT2D eigenvalue weighted by molar-refractivity contribution is 6.05. The largest absolute Gasteiger partial charge is 0.360 e. The summed E-state index contributed by atoms with van der Waals surface area (Å²) in [6.45, 7) is 2.11. The molecule has 1 aromatic heterocycles. The lowest BCUT2D eigenvalue weighted by atomic mass is 9.77. The fourth-order valence-electron chi connectivity index (χ4n) is 4.22. The summed E-state index contributed by atoms with van der Waals surface area (Å²) in [7, 11) is 0. The van der Waals surface area contributed by atoms with Crippen LogP contribution in [-0.4, -0.2) is 35.2 Å². The summed E-state index contributed by atoms with van der Waals surface area (Å²) in [5.74, 6) is -0.397. The predicted molar refractivity (Wildman–Crippen MR) is 92.4 cm³/mol. The van der Waals surface area contributed by atoms with Crippen LogP contribution in [0.25, 0.3) is 0 Å². The van der Waals surface area contributed by atoms with Crippen molar-refractivity contribution in [3.8, 4) is 0 Å². The lowest BCUT2D eigenvalue weighted by molar-refractivity contribution is -0.128. The number of ether oxygens (including phenoxy) is 1. The van der Waals surface area contributed by atoms with Gasteiger partial charge in [0.1, 0.15) is 11.4 Å². The van der Waals surface area contributed by atoms with Crippen LogP contribution < -0.4 is 10.2 Å². The minimum Gasteiger partial charge on any atom is -0.360 e. The fourth-order valence-corrected chi connectivity index (χ4v) is 4.22. The van der Waals surface area contributed by atoms with Crippen molar-refractivity contribution in [1.82, 2.24) is 5.16 Å². The van der Waals surface area contributed by atoms with Crippen LogP contribution in [0.2, 0.25) is 0 Å². The van der Waals surface area contributed by atoms with Crippen molar-refractivity contribution < 1.29 is 18.8 Å². The molecule has 4 atom stereocenters. The molecule has 1 N–H and O–H groups in total. The highest BCUT2D eigenvalue weighted by Gasteiger charge is 2.67. The Bertz CT molecular complexity index is 922. The van der Waals surface area contributed by atoms with Crippen LogP contribution in [0.15, 0.2) is 53.1 Å². The number of nitrogens with one attached hydrogen (secondary N) is 1. The summed E-state index contributed by atoms with van der Waals surface area (Å²) < 4.78 is 11.2. The maximum absolute atomic E-state index is 13.1. The summed E-state index contributed by atoms with van der Waals surface area (Å²) in [4.78, 5) is 27.6. The fraction of sp³-hybridized carbons (Fsp3) is 0.316. The second kappa shape index (κ2) is 5.28. The smallest absolute Gasteiger partial charge is 0.235 e. The number of benzene rings is 1. The van der Waals surface area contributed by atoms with Crippen molar-refractivity contribution in [1.29, 1.82) is 0 Å². The molecule has 7 nitrogen and oxygen atoms in total. The molecule has 26 heavy (non-hydrogen) atoms. The van der Waals surface area contributed by atoms with Crippen LogP contribution in [0, 0.1) is 18.8 Å². The SMILES string of the molecule is Cc1cc(N2CC34C=CC(O3)C(C(=O)Nc3ccccc3)C4C2=O)no1. The molecule has 0 saturated carbocycles. The number of nitrogens with zero attached hydrogens (tertiary/aromatic N) is 2. The lowest BCUT2D eigenvalue weighted by Gasteiger charge is -2.23. The van der Waals surface area contributed by atoms with E-state index in [-0.39, 0.29) is 17.9 Å². The Morgan fingerprint density at radius 2 is 2.15 bits per heavy atom. The number of amides is 2. The molecular formula is C19H17N3O4. The minimum absolute atomic E-state index is 0.154. The molecule has 132 valence electrons. The first-order chi connectivity index (χ1) is 12.6. The quantitative estimate of drug-likeness (QED) is 0.854. The van der Waals surface area contributed by atoms with E-state index in [9.17, 15) is 9.59 Å². The van der Waals surface area contributed by atoms with Gasteiger partial charge in [0.2, 0.25) is 11.8 Å². The molecule has 2 fully saturated rings. The van der Waals surface area contributed by atoms with Gasteiger partial charge in [-0.05, 0) is 19.1 Å². The van der Waals surface area contributed by atoms with Crippen LogP contribution in [0.1, 0.15) is 5.76 Å². The summed E-state index contributed by atoms with van der Waals surface area (Å²) in [6.07, 6.45) is 3.42. The lowest BCUT2D eigenvalue weighted by Crippen LogP contribution is -2.41. The molecule has 3 aliphatic rings. The van der Waals surface area contributed by atoms with Crippen molar-refractivity contribution in [2.24, 2.45) is 11.8 Å². The summed E-state index contributed by atoms with van der Waals surface area (Å²) in [6, 6.07) is 10.9. The molecular weight excluding hydrogens is 334 g/mol. The second-order valence-corrected chi connectivity index (χ2v) is 6.98. The topological polar surface area (TPSA) is 84.7 Å². The van der Waals surface area contributed by atoms with Crippen LogP contribution in [-0.2, 0) is 14.3 Å². The van der Waals surface area contributed by atoms with Gasteiger partial charge >= 0.3 is 0 Å². The van der Waals surface area contributed by atoms with E-state index in [0.29, 0.717) is 23.8 Å². The van der Waals surface area contributed by atoms with Gasteiger partial charge in [0.25, 0.3) is 0 Å². The first-order valence-corrected chi connectivity index (χ1v) is 8.55. The van der Waals surface area contributed by atoms with Gasteiger partial charge in [0, 0.05) is 11.8 Å². The Hall–Kier alpha value is -2.93. The molecule has 2 bridgehead atoms. The van der Waals surface area contributed by atoms with E-state index in [1.54, 1.807) is 17.9 Å². The molecule has 2 amide bonds. The standard InChI is InChI=1S/C19H17N3O4/c1-11-9-14(21-26-11)22-10-19-8-7-13(25-19)15(16(19)18(22)24)17(23)20-12-5-3-2-4-6-12/h2-9,13,15-16H,10H2,1H3,(H,20,23). The molecule has 5 rings (SSSR count). The van der Waals surface area contributed by atoms with E-state index >= 15 is 0 Å². The number of aryl methyl sites for hydroxylation is 1. The van der Waals surface area contributed by atoms with Crippen LogP contribution in [0.4, 0.5) is 11.5 Å². The van der Waals surface area contributed by atoms with Crippen LogP contribution in [0.3, 0.4) is 0 Å². The highest BCUT2D eigenvalue weighted by atomic mass is 16.5. The number of carbonyl (C=O) groups excluding carboxylic acids is 2. The number of rotatable bonds is 3. The second-order valence-electron chi connectivity index (χ2n) is 6.98. The average Bonchev–Trinajstić information content (AvgIpc) is 3.37. The summed E-state index contributed by atoms with van der Waals surface area (Å²) in [5, 5.41) is 6.84. The third-order valence-corrected chi connectivity index (χ3v) is 5.34. The molecule has 4 unspecified atom stereocenters. The maximum atomic E-state index is 13.1. The Kier molecular flexibility index (Phi) is 3.12. The Labute approximate surface area is 149 Å². The first-order valence-electron chi connectivity index (χ1n) is 8.55. The number of hydrogen-bond acceptors (Lipinski definition) is 5. The number of hydrogen-bond donors (Lipinski definition) is 1. The molecule has 3 aliphatic heterocycles. The van der Waals surface area contributed by atoms with Gasteiger partial charge in [-0.3, -0.25) is 14.5 Å². The van der Waals surface area contributed by atoms with Gasteiger partial charge in [-0.2, -0.15) is 0 Å². The van der Waals surface area contributed by atoms with Crippen LogP contribution in [0.5, 0.6) is 0 Å². The molecule has 2 saturated heterocycles.